The quantitative estimate of drug-likeness (QED) is 0.667. The zero-order chi connectivity index (χ0) is 13.2. The van der Waals surface area contributed by atoms with Gasteiger partial charge in [-0.2, -0.15) is 11.8 Å². The van der Waals surface area contributed by atoms with Crippen LogP contribution in [0.1, 0.15) is 38.2 Å². The normalized spacial score (nSPS) is 12.6. The Balaban J connectivity index is 2.54. The maximum absolute atomic E-state index is 6.08. The topological polar surface area (TPSA) is 12.0 Å². The first-order valence-electron chi connectivity index (χ1n) is 6.81. The van der Waals surface area contributed by atoms with Gasteiger partial charge in [0, 0.05) is 11.6 Å². The van der Waals surface area contributed by atoms with Gasteiger partial charge in [-0.15, -0.1) is 0 Å². The summed E-state index contributed by atoms with van der Waals surface area (Å²) >= 11 is 8.11. The van der Waals surface area contributed by atoms with Crippen LogP contribution in [0.2, 0.25) is 5.02 Å². The van der Waals surface area contributed by atoms with E-state index in [1.165, 1.54) is 29.9 Å². The van der Waals surface area contributed by atoms with Crippen molar-refractivity contribution in [2.24, 2.45) is 0 Å². The lowest BCUT2D eigenvalue weighted by molar-refractivity contribution is 0.557. The van der Waals surface area contributed by atoms with Crippen molar-refractivity contribution in [3.8, 4) is 0 Å². The van der Waals surface area contributed by atoms with Crippen LogP contribution in [0.15, 0.2) is 24.3 Å². The molecule has 0 amide bonds. The van der Waals surface area contributed by atoms with Crippen LogP contribution in [-0.4, -0.2) is 24.6 Å². The number of halogens is 1. The molecule has 0 aromatic heterocycles. The standard InChI is InChI=1S/C15H24ClNS/c1-3-17-12-14(8-6-10-18-4-2)13-7-5-9-15(16)11-13/h5,7,9,11,14,17H,3-4,6,8,10,12H2,1-2H3. The van der Waals surface area contributed by atoms with Crippen LogP contribution < -0.4 is 5.32 Å². The molecular weight excluding hydrogens is 262 g/mol. The van der Waals surface area contributed by atoms with Gasteiger partial charge >= 0.3 is 0 Å². The van der Waals surface area contributed by atoms with Gasteiger partial charge in [-0.25, -0.2) is 0 Å². The van der Waals surface area contributed by atoms with Gasteiger partial charge in [-0.05, 0) is 54.5 Å². The number of nitrogens with one attached hydrogen (secondary N) is 1. The van der Waals surface area contributed by atoms with Gasteiger partial charge in [0.25, 0.3) is 0 Å². The SMILES string of the molecule is CCNCC(CCCSCC)c1cccc(Cl)c1. The van der Waals surface area contributed by atoms with E-state index in [1.54, 1.807) is 0 Å². The Kier molecular flexibility index (Phi) is 8.57. The minimum atomic E-state index is 0.584. The van der Waals surface area contributed by atoms with Gasteiger partial charge in [-0.1, -0.05) is 37.6 Å². The first-order chi connectivity index (χ1) is 8.77. The van der Waals surface area contributed by atoms with Crippen LogP contribution in [0.4, 0.5) is 0 Å². The molecule has 1 nitrogen and oxygen atoms in total. The first-order valence-corrected chi connectivity index (χ1v) is 8.35. The Bertz CT molecular complexity index is 330. The smallest absolute Gasteiger partial charge is 0.0408 e. The highest BCUT2D eigenvalue weighted by Gasteiger charge is 2.11. The molecule has 0 aliphatic carbocycles. The molecule has 0 saturated heterocycles. The lowest BCUT2D eigenvalue weighted by Gasteiger charge is -2.18. The third-order valence-electron chi connectivity index (χ3n) is 3.01. The predicted octanol–water partition coefficient (Wildman–Crippen LogP) is 4.57. The minimum absolute atomic E-state index is 0.584. The van der Waals surface area contributed by atoms with E-state index in [2.05, 4.69) is 37.4 Å². The first kappa shape index (κ1) is 15.9. The Morgan fingerprint density at radius 1 is 1.33 bits per heavy atom. The fourth-order valence-corrected chi connectivity index (χ4v) is 2.90. The number of thioether (sulfide) groups is 1. The van der Waals surface area contributed by atoms with Gasteiger partial charge in [0.15, 0.2) is 0 Å². The summed E-state index contributed by atoms with van der Waals surface area (Å²) in [5, 5.41) is 4.30. The van der Waals surface area contributed by atoms with Crippen LogP contribution in [0.5, 0.6) is 0 Å². The molecule has 1 rings (SSSR count). The molecule has 0 aliphatic heterocycles. The zero-order valence-corrected chi connectivity index (χ0v) is 13.0. The lowest BCUT2D eigenvalue weighted by atomic mass is 9.94. The van der Waals surface area contributed by atoms with Crippen molar-refractivity contribution in [3.63, 3.8) is 0 Å². The molecule has 0 bridgehead atoms. The monoisotopic (exact) mass is 285 g/mol. The average molecular weight is 286 g/mol. The number of benzene rings is 1. The number of rotatable bonds is 9. The van der Waals surface area contributed by atoms with Crippen molar-refractivity contribution >= 4 is 23.4 Å². The molecule has 1 unspecified atom stereocenters. The van der Waals surface area contributed by atoms with Crippen LogP contribution >= 0.6 is 23.4 Å². The van der Waals surface area contributed by atoms with E-state index in [4.69, 9.17) is 11.6 Å². The molecule has 0 radical (unpaired) electrons. The van der Waals surface area contributed by atoms with E-state index in [0.29, 0.717) is 5.92 Å². The Morgan fingerprint density at radius 2 is 2.17 bits per heavy atom. The third-order valence-corrected chi connectivity index (χ3v) is 4.23. The summed E-state index contributed by atoms with van der Waals surface area (Å²) in [5.74, 6) is 3.07. The van der Waals surface area contributed by atoms with Gasteiger partial charge in [-0.3, -0.25) is 0 Å². The predicted molar refractivity (Wildman–Crippen MR) is 85.0 cm³/mol. The fraction of sp³-hybridized carbons (Fsp3) is 0.600. The maximum atomic E-state index is 6.08. The summed E-state index contributed by atoms with van der Waals surface area (Å²) in [6.07, 6.45) is 2.52. The van der Waals surface area contributed by atoms with Crippen LogP contribution in [0.3, 0.4) is 0 Å². The summed E-state index contributed by atoms with van der Waals surface area (Å²) < 4.78 is 0. The molecule has 3 heteroatoms. The number of hydrogen-bond donors (Lipinski definition) is 1. The second kappa shape index (κ2) is 9.71. The van der Waals surface area contributed by atoms with E-state index in [9.17, 15) is 0 Å². The Morgan fingerprint density at radius 3 is 2.83 bits per heavy atom. The van der Waals surface area contributed by atoms with Gasteiger partial charge < -0.3 is 5.32 Å². The Labute approximate surface area is 121 Å². The summed E-state index contributed by atoms with van der Waals surface area (Å²) in [7, 11) is 0. The van der Waals surface area contributed by atoms with Gasteiger partial charge in [0.1, 0.15) is 0 Å². The highest BCUT2D eigenvalue weighted by atomic mass is 35.5. The van der Waals surface area contributed by atoms with E-state index >= 15 is 0 Å². The number of hydrogen-bond acceptors (Lipinski definition) is 2. The van der Waals surface area contributed by atoms with Crippen LogP contribution in [0, 0.1) is 0 Å². The van der Waals surface area contributed by atoms with Crippen molar-refractivity contribution in [1.29, 1.82) is 0 Å². The lowest BCUT2D eigenvalue weighted by Crippen LogP contribution is -2.21. The molecule has 1 aromatic rings. The molecule has 0 saturated carbocycles. The van der Waals surface area contributed by atoms with Crippen LogP contribution in [-0.2, 0) is 0 Å². The summed E-state index contributed by atoms with van der Waals surface area (Å²) in [4.78, 5) is 0. The van der Waals surface area contributed by atoms with E-state index in [0.717, 1.165) is 18.1 Å². The van der Waals surface area contributed by atoms with Crippen molar-refractivity contribution < 1.29 is 0 Å². The highest BCUT2D eigenvalue weighted by Crippen LogP contribution is 2.24. The molecule has 0 aliphatic rings. The molecule has 102 valence electrons. The Hall–Kier alpha value is -0.180. The van der Waals surface area contributed by atoms with Crippen molar-refractivity contribution in [1.82, 2.24) is 5.32 Å². The molecule has 1 aromatic carbocycles. The summed E-state index contributed by atoms with van der Waals surface area (Å²) in [6, 6.07) is 8.30. The largest absolute Gasteiger partial charge is 0.316 e. The van der Waals surface area contributed by atoms with Crippen molar-refractivity contribution in [3.05, 3.63) is 34.9 Å². The molecule has 1 atom stereocenters. The van der Waals surface area contributed by atoms with Crippen molar-refractivity contribution in [2.75, 3.05) is 24.6 Å². The molecule has 0 fully saturated rings. The summed E-state index contributed by atoms with van der Waals surface area (Å²) in [6.45, 7) is 6.45. The van der Waals surface area contributed by atoms with Gasteiger partial charge in [0.2, 0.25) is 0 Å². The molecular formula is C15H24ClNS. The third kappa shape index (κ3) is 6.12. The molecule has 0 spiro atoms. The second-order valence-electron chi connectivity index (χ2n) is 4.40. The highest BCUT2D eigenvalue weighted by molar-refractivity contribution is 7.99. The summed E-state index contributed by atoms with van der Waals surface area (Å²) in [5.41, 5.74) is 1.37. The van der Waals surface area contributed by atoms with Crippen molar-refractivity contribution in [2.45, 2.75) is 32.6 Å². The number of likely N-dealkylation sites (N-methyl/N-ethyl adjacent to an activating group) is 1. The van der Waals surface area contributed by atoms with Crippen LogP contribution in [0.25, 0.3) is 0 Å². The van der Waals surface area contributed by atoms with E-state index in [-0.39, 0.29) is 0 Å². The molecule has 1 N–H and O–H groups in total. The zero-order valence-electron chi connectivity index (χ0n) is 11.4. The second-order valence-corrected chi connectivity index (χ2v) is 6.23. The minimum Gasteiger partial charge on any atom is -0.316 e. The average Bonchev–Trinajstić information content (AvgIpc) is 2.38. The molecule has 0 heterocycles. The van der Waals surface area contributed by atoms with E-state index < -0.39 is 0 Å². The fourth-order valence-electron chi connectivity index (χ4n) is 2.04. The van der Waals surface area contributed by atoms with Gasteiger partial charge in [0.05, 0.1) is 0 Å². The van der Waals surface area contributed by atoms with E-state index in [1.807, 2.05) is 17.8 Å². The maximum Gasteiger partial charge on any atom is 0.0408 e. The molecule has 18 heavy (non-hydrogen) atoms.